The van der Waals surface area contributed by atoms with Crippen LogP contribution in [0.15, 0.2) is 0 Å². The van der Waals surface area contributed by atoms with Crippen molar-refractivity contribution < 1.29 is 4.79 Å². The summed E-state index contributed by atoms with van der Waals surface area (Å²) in [7, 11) is 2.14. The molecule has 1 amide bonds. The molecule has 1 unspecified atom stereocenters. The smallest absolute Gasteiger partial charge is 0.234 e. The molecular formula is C12H25N3O. The summed E-state index contributed by atoms with van der Waals surface area (Å²) in [6.45, 7) is 6.46. The third-order valence-electron chi connectivity index (χ3n) is 3.13. The lowest BCUT2D eigenvalue weighted by molar-refractivity contribution is -0.120. The van der Waals surface area contributed by atoms with Gasteiger partial charge in [0.15, 0.2) is 0 Å². The van der Waals surface area contributed by atoms with Gasteiger partial charge < -0.3 is 15.5 Å². The summed E-state index contributed by atoms with van der Waals surface area (Å²) in [5.74, 6) is 0.104. The van der Waals surface area contributed by atoms with E-state index >= 15 is 0 Å². The van der Waals surface area contributed by atoms with Crippen LogP contribution < -0.4 is 10.6 Å². The predicted molar refractivity (Wildman–Crippen MR) is 66.4 cm³/mol. The van der Waals surface area contributed by atoms with Crippen molar-refractivity contribution in [3.05, 3.63) is 0 Å². The van der Waals surface area contributed by atoms with Crippen LogP contribution in [0.4, 0.5) is 0 Å². The van der Waals surface area contributed by atoms with Gasteiger partial charge in [-0.3, -0.25) is 4.79 Å². The van der Waals surface area contributed by atoms with Crippen LogP contribution >= 0.6 is 0 Å². The van der Waals surface area contributed by atoms with Crippen molar-refractivity contribution in [2.45, 2.75) is 45.2 Å². The Labute approximate surface area is 98.8 Å². The average molecular weight is 227 g/mol. The van der Waals surface area contributed by atoms with E-state index in [1.807, 2.05) is 13.8 Å². The fourth-order valence-electron chi connectivity index (χ4n) is 1.99. The molecule has 1 rings (SSSR count). The molecule has 4 heteroatoms. The molecule has 0 spiro atoms. The van der Waals surface area contributed by atoms with Crippen molar-refractivity contribution in [2.24, 2.45) is 0 Å². The van der Waals surface area contributed by atoms with Crippen LogP contribution in [0.2, 0.25) is 0 Å². The molecule has 1 fully saturated rings. The van der Waals surface area contributed by atoms with Gasteiger partial charge in [0.1, 0.15) is 0 Å². The van der Waals surface area contributed by atoms with E-state index in [0.29, 0.717) is 18.6 Å². The van der Waals surface area contributed by atoms with E-state index in [2.05, 4.69) is 22.6 Å². The standard InChI is InChI=1S/C12H25N3O/c1-10(2)13-9-12(16)14-8-11-6-4-5-7-15(11)3/h10-11,13H,4-9H2,1-3H3,(H,14,16). The number of nitrogens with one attached hydrogen (secondary N) is 2. The lowest BCUT2D eigenvalue weighted by Crippen LogP contribution is -2.46. The normalized spacial score (nSPS) is 22.4. The minimum absolute atomic E-state index is 0.104. The van der Waals surface area contributed by atoms with Crippen molar-refractivity contribution in [1.82, 2.24) is 15.5 Å². The Balaban J connectivity index is 2.15. The molecule has 1 saturated heterocycles. The van der Waals surface area contributed by atoms with Crippen LogP contribution in [0.5, 0.6) is 0 Å². The predicted octanol–water partition coefficient (Wildman–Crippen LogP) is 0.585. The largest absolute Gasteiger partial charge is 0.353 e. The summed E-state index contributed by atoms with van der Waals surface area (Å²) in [6.07, 6.45) is 3.78. The zero-order valence-corrected chi connectivity index (χ0v) is 10.8. The first kappa shape index (κ1) is 13.5. The fourth-order valence-corrected chi connectivity index (χ4v) is 1.99. The van der Waals surface area contributed by atoms with Gasteiger partial charge in [0.25, 0.3) is 0 Å². The van der Waals surface area contributed by atoms with Crippen LogP contribution in [0.1, 0.15) is 33.1 Å². The molecule has 1 heterocycles. The van der Waals surface area contributed by atoms with Crippen LogP contribution in [-0.4, -0.2) is 49.6 Å². The Morgan fingerprint density at radius 3 is 2.81 bits per heavy atom. The molecular weight excluding hydrogens is 202 g/mol. The Morgan fingerprint density at radius 2 is 2.19 bits per heavy atom. The molecule has 94 valence electrons. The lowest BCUT2D eigenvalue weighted by Gasteiger charge is -2.32. The second-order valence-corrected chi connectivity index (χ2v) is 4.97. The van der Waals surface area contributed by atoms with E-state index in [4.69, 9.17) is 0 Å². The summed E-state index contributed by atoms with van der Waals surface area (Å²) < 4.78 is 0. The maximum Gasteiger partial charge on any atom is 0.234 e. The highest BCUT2D eigenvalue weighted by Crippen LogP contribution is 2.13. The third kappa shape index (κ3) is 4.94. The molecule has 0 radical (unpaired) electrons. The van der Waals surface area contributed by atoms with Gasteiger partial charge in [-0.05, 0) is 26.4 Å². The maximum atomic E-state index is 11.5. The summed E-state index contributed by atoms with van der Waals surface area (Å²) in [5.41, 5.74) is 0. The number of nitrogens with zero attached hydrogens (tertiary/aromatic N) is 1. The number of likely N-dealkylation sites (tertiary alicyclic amines) is 1. The highest BCUT2D eigenvalue weighted by molar-refractivity contribution is 5.78. The van der Waals surface area contributed by atoms with Crippen molar-refractivity contribution in [2.75, 3.05) is 26.7 Å². The number of rotatable bonds is 5. The SMILES string of the molecule is CC(C)NCC(=O)NCC1CCCCN1C. The fraction of sp³-hybridized carbons (Fsp3) is 0.917. The first-order chi connectivity index (χ1) is 7.59. The van der Waals surface area contributed by atoms with Gasteiger partial charge in [-0.15, -0.1) is 0 Å². The van der Waals surface area contributed by atoms with Gasteiger partial charge >= 0.3 is 0 Å². The van der Waals surface area contributed by atoms with E-state index in [1.165, 1.54) is 19.3 Å². The van der Waals surface area contributed by atoms with E-state index in [9.17, 15) is 4.79 Å². The Morgan fingerprint density at radius 1 is 1.44 bits per heavy atom. The van der Waals surface area contributed by atoms with E-state index < -0.39 is 0 Å². The Bertz CT molecular complexity index is 218. The van der Waals surface area contributed by atoms with Crippen LogP contribution in [0.25, 0.3) is 0 Å². The second kappa shape index (κ2) is 6.86. The molecule has 0 aromatic heterocycles. The molecule has 1 aliphatic rings. The third-order valence-corrected chi connectivity index (χ3v) is 3.13. The minimum atomic E-state index is 0.104. The van der Waals surface area contributed by atoms with Crippen molar-refractivity contribution in [3.63, 3.8) is 0 Å². The molecule has 0 aromatic carbocycles. The van der Waals surface area contributed by atoms with Crippen molar-refractivity contribution in [3.8, 4) is 0 Å². The van der Waals surface area contributed by atoms with Crippen LogP contribution in [0, 0.1) is 0 Å². The molecule has 0 aromatic rings. The van der Waals surface area contributed by atoms with Gasteiger partial charge in [0.05, 0.1) is 6.54 Å². The first-order valence-corrected chi connectivity index (χ1v) is 6.30. The maximum absolute atomic E-state index is 11.5. The summed E-state index contributed by atoms with van der Waals surface area (Å²) >= 11 is 0. The van der Waals surface area contributed by atoms with Crippen LogP contribution in [-0.2, 0) is 4.79 Å². The highest BCUT2D eigenvalue weighted by Gasteiger charge is 2.18. The van der Waals surface area contributed by atoms with E-state index in [-0.39, 0.29) is 5.91 Å². The van der Waals surface area contributed by atoms with Gasteiger partial charge in [-0.2, -0.15) is 0 Å². The average Bonchev–Trinajstić information content (AvgIpc) is 2.25. The molecule has 0 aliphatic carbocycles. The monoisotopic (exact) mass is 227 g/mol. The number of hydrogen-bond donors (Lipinski definition) is 2. The quantitative estimate of drug-likeness (QED) is 0.722. The van der Waals surface area contributed by atoms with Crippen molar-refractivity contribution in [1.29, 1.82) is 0 Å². The Kier molecular flexibility index (Phi) is 5.77. The number of piperidine rings is 1. The first-order valence-electron chi connectivity index (χ1n) is 6.30. The molecule has 0 saturated carbocycles. The molecule has 4 nitrogen and oxygen atoms in total. The van der Waals surface area contributed by atoms with Gasteiger partial charge in [-0.1, -0.05) is 20.3 Å². The van der Waals surface area contributed by atoms with E-state index in [1.54, 1.807) is 0 Å². The van der Waals surface area contributed by atoms with Gasteiger partial charge in [-0.25, -0.2) is 0 Å². The highest BCUT2D eigenvalue weighted by atomic mass is 16.1. The molecule has 16 heavy (non-hydrogen) atoms. The summed E-state index contributed by atoms with van der Waals surface area (Å²) in [6, 6.07) is 0.889. The lowest BCUT2D eigenvalue weighted by atomic mass is 10.0. The molecule has 0 bridgehead atoms. The Hall–Kier alpha value is -0.610. The van der Waals surface area contributed by atoms with Gasteiger partial charge in [0, 0.05) is 18.6 Å². The molecule has 1 aliphatic heterocycles. The molecule has 1 atom stereocenters. The number of carbonyl (C=O) groups excluding carboxylic acids is 1. The van der Waals surface area contributed by atoms with Gasteiger partial charge in [0.2, 0.25) is 5.91 Å². The zero-order valence-electron chi connectivity index (χ0n) is 10.8. The number of amides is 1. The van der Waals surface area contributed by atoms with Crippen LogP contribution in [0.3, 0.4) is 0 Å². The number of hydrogen-bond acceptors (Lipinski definition) is 3. The minimum Gasteiger partial charge on any atom is -0.353 e. The number of carbonyl (C=O) groups is 1. The topological polar surface area (TPSA) is 44.4 Å². The van der Waals surface area contributed by atoms with Crippen molar-refractivity contribution >= 4 is 5.91 Å². The number of likely N-dealkylation sites (N-methyl/N-ethyl adjacent to an activating group) is 1. The summed E-state index contributed by atoms with van der Waals surface area (Å²) in [5, 5.41) is 6.11. The second-order valence-electron chi connectivity index (χ2n) is 4.97. The molecule has 2 N–H and O–H groups in total. The zero-order chi connectivity index (χ0) is 12.0. The van der Waals surface area contributed by atoms with E-state index in [0.717, 1.165) is 13.1 Å². The summed E-state index contributed by atoms with van der Waals surface area (Å²) in [4.78, 5) is 13.9.